The van der Waals surface area contributed by atoms with E-state index in [2.05, 4.69) is 5.10 Å². The van der Waals surface area contributed by atoms with Crippen molar-refractivity contribution in [1.82, 2.24) is 9.89 Å². The molecule has 0 aliphatic carbocycles. The fraction of sp³-hybridized carbons (Fsp3) is 0. The van der Waals surface area contributed by atoms with Crippen molar-refractivity contribution in [1.29, 1.82) is 0 Å². The van der Waals surface area contributed by atoms with Crippen LogP contribution >= 0.6 is 12.2 Å². The van der Waals surface area contributed by atoms with Crippen LogP contribution in [0, 0.1) is 4.64 Å². The first kappa shape index (κ1) is 4.39. The summed E-state index contributed by atoms with van der Waals surface area (Å²) in [6.45, 7) is 0. The highest BCUT2D eigenvalue weighted by molar-refractivity contribution is 7.71. The quantitative estimate of drug-likeness (QED) is 0.376. The van der Waals surface area contributed by atoms with Gasteiger partial charge in [0.2, 0.25) is 0 Å². The number of H-pyrrole nitrogens is 1. The first-order chi connectivity index (χ1) is 3.30. The highest BCUT2D eigenvalue weighted by Gasteiger charge is 1.77. The molecule has 1 aromatic rings. The van der Waals surface area contributed by atoms with Crippen molar-refractivity contribution in [2.75, 3.05) is 5.84 Å². The third-order valence-electron chi connectivity index (χ3n) is 0.677. The van der Waals surface area contributed by atoms with E-state index in [1.54, 1.807) is 12.3 Å². The Hall–Kier alpha value is -0.770. The van der Waals surface area contributed by atoms with Crippen molar-refractivity contribution < 1.29 is 0 Å². The van der Waals surface area contributed by atoms with Gasteiger partial charge in [0.1, 0.15) is 4.64 Å². The van der Waals surface area contributed by atoms with Gasteiger partial charge in [0, 0.05) is 6.20 Å². The Morgan fingerprint density at radius 2 is 2.57 bits per heavy atom. The summed E-state index contributed by atoms with van der Waals surface area (Å²) in [7, 11) is 0. The standard InChI is InChI=1S/C3H5N3S/c4-6-3(7)1-2-5-6/h1-2,5H,4H2. The molecule has 0 atom stereocenters. The van der Waals surface area contributed by atoms with Crippen LogP contribution in [0.2, 0.25) is 0 Å². The number of nitrogen functional groups attached to an aromatic ring is 1. The molecule has 38 valence electrons. The molecule has 4 heteroatoms. The first-order valence-corrected chi connectivity index (χ1v) is 2.23. The lowest BCUT2D eigenvalue weighted by atomic mass is 10.8. The van der Waals surface area contributed by atoms with Crippen molar-refractivity contribution in [2.24, 2.45) is 0 Å². The minimum atomic E-state index is 0.611. The van der Waals surface area contributed by atoms with Crippen LogP contribution in [-0.4, -0.2) is 9.89 Å². The second-order valence-corrected chi connectivity index (χ2v) is 1.59. The molecule has 0 aliphatic heterocycles. The molecule has 0 spiro atoms. The summed E-state index contributed by atoms with van der Waals surface area (Å²) in [5, 5.41) is 2.66. The van der Waals surface area contributed by atoms with Gasteiger partial charge in [-0.15, -0.1) is 0 Å². The van der Waals surface area contributed by atoms with Crippen LogP contribution in [0.1, 0.15) is 0 Å². The minimum absolute atomic E-state index is 0.611. The van der Waals surface area contributed by atoms with Crippen LogP contribution < -0.4 is 5.84 Å². The maximum absolute atomic E-state index is 5.20. The van der Waals surface area contributed by atoms with Gasteiger partial charge < -0.3 is 5.84 Å². The smallest absolute Gasteiger partial charge is 0.145 e. The van der Waals surface area contributed by atoms with Crippen molar-refractivity contribution in [3.8, 4) is 0 Å². The topological polar surface area (TPSA) is 46.7 Å². The Labute approximate surface area is 45.7 Å². The van der Waals surface area contributed by atoms with Crippen LogP contribution in [-0.2, 0) is 0 Å². The Bertz CT molecular complexity index is 198. The molecule has 0 bridgehead atoms. The van der Waals surface area contributed by atoms with Gasteiger partial charge in [-0.1, -0.05) is 12.2 Å². The van der Waals surface area contributed by atoms with Crippen LogP contribution in [0.4, 0.5) is 0 Å². The van der Waals surface area contributed by atoms with E-state index in [-0.39, 0.29) is 0 Å². The number of hydrogen-bond acceptors (Lipinski definition) is 2. The molecule has 0 amide bonds. The van der Waals surface area contributed by atoms with E-state index < -0.39 is 0 Å². The summed E-state index contributed by atoms with van der Waals surface area (Å²) in [4.78, 5) is 1.27. The van der Waals surface area contributed by atoms with Gasteiger partial charge in [-0.2, -0.15) is 4.79 Å². The van der Waals surface area contributed by atoms with E-state index >= 15 is 0 Å². The van der Waals surface area contributed by atoms with Crippen LogP contribution in [0.3, 0.4) is 0 Å². The molecule has 0 fully saturated rings. The molecule has 0 radical (unpaired) electrons. The molecule has 1 aromatic heterocycles. The molecule has 7 heavy (non-hydrogen) atoms. The van der Waals surface area contributed by atoms with Crippen molar-refractivity contribution in [3.63, 3.8) is 0 Å². The van der Waals surface area contributed by atoms with Gasteiger partial charge in [-0.05, 0) is 6.07 Å². The molecule has 0 aliphatic rings. The fourth-order valence-electron chi connectivity index (χ4n) is 0.333. The lowest BCUT2D eigenvalue weighted by Crippen LogP contribution is -2.08. The summed E-state index contributed by atoms with van der Waals surface area (Å²) in [5.74, 6) is 5.20. The number of aromatic nitrogens is 2. The predicted molar refractivity (Wildman–Crippen MR) is 29.8 cm³/mol. The molecule has 1 heterocycles. The summed E-state index contributed by atoms with van der Waals surface area (Å²) >= 11 is 4.69. The summed E-state index contributed by atoms with van der Waals surface area (Å²) < 4.78 is 0.611. The number of nitrogens with two attached hydrogens (primary N) is 1. The normalized spacial score (nSPS) is 9.14. The van der Waals surface area contributed by atoms with E-state index in [0.29, 0.717) is 4.64 Å². The molecule has 0 aromatic carbocycles. The Balaban J connectivity index is 3.39. The van der Waals surface area contributed by atoms with Gasteiger partial charge in [0.25, 0.3) is 0 Å². The van der Waals surface area contributed by atoms with Crippen molar-refractivity contribution >= 4 is 12.2 Å². The van der Waals surface area contributed by atoms with E-state index in [9.17, 15) is 0 Å². The molecule has 0 saturated heterocycles. The minimum Gasteiger partial charge on any atom is -0.324 e. The van der Waals surface area contributed by atoms with E-state index in [4.69, 9.17) is 18.1 Å². The fourth-order valence-corrected chi connectivity index (χ4v) is 0.454. The van der Waals surface area contributed by atoms with Crippen molar-refractivity contribution in [2.45, 2.75) is 0 Å². The third-order valence-corrected chi connectivity index (χ3v) is 1.01. The first-order valence-electron chi connectivity index (χ1n) is 1.82. The number of hydrogen-bond donors (Lipinski definition) is 2. The van der Waals surface area contributed by atoms with Gasteiger partial charge in [0.05, 0.1) is 0 Å². The van der Waals surface area contributed by atoms with Gasteiger partial charge >= 0.3 is 0 Å². The summed E-state index contributed by atoms with van der Waals surface area (Å²) in [6, 6.07) is 1.72. The monoisotopic (exact) mass is 115 g/mol. The summed E-state index contributed by atoms with van der Waals surface area (Å²) in [6.07, 6.45) is 1.68. The molecular weight excluding hydrogens is 110 g/mol. The van der Waals surface area contributed by atoms with Gasteiger partial charge in [0.15, 0.2) is 0 Å². The number of nitrogens with one attached hydrogen (secondary N) is 1. The van der Waals surface area contributed by atoms with Gasteiger partial charge in [-0.3, -0.25) is 5.10 Å². The zero-order chi connectivity index (χ0) is 5.28. The largest absolute Gasteiger partial charge is 0.324 e. The lowest BCUT2D eigenvalue weighted by molar-refractivity contribution is 0.821. The van der Waals surface area contributed by atoms with Crippen LogP contribution in [0.25, 0.3) is 0 Å². The van der Waals surface area contributed by atoms with Gasteiger partial charge in [-0.25, -0.2) is 0 Å². The third kappa shape index (κ3) is 0.640. The number of rotatable bonds is 0. The zero-order valence-electron chi connectivity index (χ0n) is 3.59. The molecule has 0 saturated carbocycles. The Morgan fingerprint density at radius 3 is 2.71 bits per heavy atom. The average molecular weight is 115 g/mol. The highest BCUT2D eigenvalue weighted by Crippen LogP contribution is 1.80. The summed E-state index contributed by atoms with van der Waals surface area (Å²) in [5.41, 5.74) is 0. The number of nitrogens with zero attached hydrogens (tertiary/aromatic N) is 1. The average Bonchev–Trinajstić information content (AvgIpc) is 1.91. The van der Waals surface area contributed by atoms with Crippen molar-refractivity contribution in [3.05, 3.63) is 16.9 Å². The SMILES string of the molecule is Nn1[nH]ccc1=S. The second-order valence-electron chi connectivity index (χ2n) is 1.17. The molecule has 0 unspecified atom stereocenters. The van der Waals surface area contributed by atoms with E-state index in [0.717, 1.165) is 0 Å². The molecule has 3 nitrogen and oxygen atoms in total. The van der Waals surface area contributed by atoms with E-state index in [1.807, 2.05) is 0 Å². The Kier molecular flexibility index (Phi) is 0.867. The molecule has 3 N–H and O–H groups in total. The maximum Gasteiger partial charge on any atom is 0.145 e. The maximum atomic E-state index is 5.20. The Morgan fingerprint density at radius 1 is 1.86 bits per heavy atom. The highest BCUT2D eigenvalue weighted by atomic mass is 32.1. The van der Waals surface area contributed by atoms with Crippen LogP contribution in [0.5, 0.6) is 0 Å². The number of aromatic amines is 1. The molecule has 1 rings (SSSR count). The van der Waals surface area contributed by atoms with E-state index in [1.165, 1.54) is 4.79 Å². The predicted octanol–water partition coefficient (Wildman–Crippen LogP) is 0.259. The molecular formula is C3H5N3S. The second kappa shape index (κ2) is 1.38. The zero-order valence-corrected chi connectivity index (χ0v) is 4.40. The van der Waals surface area contributed by atoms with Crippen LogP contribution in [0.15, 0.2) is 12.3 Å². The lowest BCUT2D eigenvalue weighted by Gasteiger charge is -1.83.